The third kappa shape index (κ3) is 3.78. The minimum Gasteiger partial charge on any atom is -0.393 e. The van der Waals surface area contributed by atoms with E-state index >= 15 is 0 Å². The van der Waals surface area contributed by atoms with Gasteiger partial charge in [-0.15, -0.1) is 0 Å². The summed E-state index contributed by atoms with van der Waals surface area (Å²) >= 11 is 0. The lowest BCUT2D eigenvalue weighted by atomic mass is 9.87. The Hall–Kier alpha value is -1.95. The standard InChI is InChI=1S/C15H20N2O4/c1-10-13(3-2-4-14(10)17(20)21)15(19)16-9-11-5-7-12(18)8-6-11/h2-4,11-12,18H,5-9H2,1H3,(H,16,19). The molecule has 0 atom stereocenters. The maximum atomic E-state index is 12.2. The lowest BCUT2D eigenvalue weighted by Crippen LogP contribution is -2.32. The van der Waals surface area contributed by atoms with Crippen molar-refractivity contribution < 1.29 is 14.8 Å². The highest BCUT2D eigenvalue weighted by molar-refractivity contribution is 5.96. The predicted octanol–water partition coefficient (Wildman–Crippen LogP) is 2.18. The van der Waals surface area contributed by atoms with Crippen molar-refractivity contribution in [2.75, 3.05) is 6.54 Å². The Morgan fingerprint density at radius 1 is 1.38 bits per heavy atom. The molecule has 6 heteroatoms. The van der Waals surface area contributed by atoms with Gasteiger partial charge in [-0.2, -0.15) is 0 Å². The van der Waals surface area contributed by atoms with E-state index in [1.165, 1.54) is 12.1 Å². The molecule has 0 unspecified atom stereocenters. The first-order valence-corrected chi connectivity index (χ1v) is 7.19. The molecule has 0 heterocycles. The number of nitro groups is 1. The molecule has 1 saturated carbocycles. The highest BCUT2D eigenvalue weighted by Gasteiger charge is 2.21. The average molecular weight is 292 g/mol. The molecule has 0 radical (unpaired) electrons. The molecular weight excluding hydrogens is 272 g/mol. The Morgan fingerprint density at radius 3 is 2.67 bits per heavy atom. The van der Waals surface area contributed by atoms with Gasteiger partial charge in [-0.25, -0.2) is 0 Å². The number of carbonyl (C=O) groups excluding carboxylic acids is 1. The van der Waals surface area contributed by atoms with Crippen molar-refractivity contribution in [2.24, 2.45) is 5.92 Å². The number of nitrogens with one attached hydrogen (secondary N) is 1. The van der Waals surface area contributed by atoms with Crippen LogP contribution >= 0.6 is 0 Å². The molecule has 1 amide bonds. The summed E-state index contributed by atoms with van der Waals surface area (Å²) < 4.78 is 0. The number of carbonyl (C=O) groups is 1. The summed E-state index contributed by atoms with van der Waals surface area (Å²) in [6, 6.07) is 4.52. The molecule has 1 fully saturated rings. The summed E-state index contributed by atoms with van der Waals surface area (Å²) in [6.45, 7) is 2.14. The molecule has 21 heavy (non-hydrogen) atoms. The Morgan fingerprint density at radius 2 is 2.05 bits per heavy atom. The van der Waals surface area contributed by atoms with Crippen LogP contribution in [-0.4, -0.2) is 28.6 Å². The second-order valence-electron chi connectivity index (χ2n) is 5.59. The van der Waals surface area contributed by atoms with E-state index in [4.69, 9.17) is 0 Å². The molecule has 0 aliphatic heterocycles. The second-order valence-corrected chi connectivity index (χ2v) is 5.59. The third-order valence-electron chi connectivity index (χ3n) is 4.11. The zero-order valence-corrected chi connectivity index (χ0v) is 12.0. The number of aliphatic hydroxyl groups is 1. The van der Waals surface area contributed by atoms with E-state index in [0.717, 1.165) is 25.7 Å². The van der Waals surface area contributed by atoms with Crippen LogP contribution in [0.4, 0.5) is 5.69 Å². The molecule has 0 aromatic heterocycles. The lowest BCUT2D eigenvalue weighted by Gasteiger charge is -2.25. The Balaban J connectivity index is 1.97. The van der Waals surface area contributed by atoms with Crippen molar-refractivity contribution in [1.82, 2.24) is 5.32 Å². The second kappa shape index (κ2) is 6.67. The topological polar surface area (TPSA) is 92.5 Å². The number of nitro benzene ring substituents is 1. The Labute approximate surface area is 123 Å². The highest BCUT2D eigenvalue weighted by atomic mass is 16.6. The summed E-state index contributed by atoms with van der Waals surface area (Å²) in [5, 5.41) is 23.2. The van der Waals surface area contributed by atoms with Crippen molar-refractivity contribution in [2.45, 2.75) is 38.7 Å². The van der Waals surface area contributed by atoms with Crippen molar-refractivity contribution in [1.29, 1.82) is 0 Å². The molecule has 1 aromatic carbocycles. The number of nitrogens with zero attached hydrogens (tertiary/aromatic N) is 1. The van der Waals surface area contributed by atoms with Gasteiger partial charge in [-0.1, -0.05) is 6.07 Å². The number of hydrogen-bond donors (Lipinski definition) is 2. The summed E-state index contributed by atoms with van der Waals surface area (Å²) in [6.07, 6.45) is 3.13. The van der Waals surface area contributed by atoms with Crippen LogP contribution in [-0.2, 0) is 0 Å². The molecule has 0 bridgehead atoms. The van der Waals surface area contributed by atoms with E-state index in [0.29, 0.717) is 23.6 Å². The van der Waals surface area contributed by atoms with Gasteiger partial charge in [-0.05, 0) is 44.6 Å². The predicted molar refractivity (Wildman–Crippen MR) is 78.1 cm³/mol. The summed E-state index contributed by atoms with van der Waals surface area (Å²) in [7, 11) is 0. The zero-order chi connectivity index (χ0) is 15.4. The monoisotopic (exact) mass is 292 g/mol. The lowest BCUT2D eigenvalue weighted by molar-refractivity contribution is -0.385. The Kier molecular flexibility index (Phi) is 4.90. The van der Waals surface area contributed by atoms with E-state index in [2.05, 4.69) is 5.32 Å². The van der Waals surface area contributed by atoms with Crippen LogP contribution < -0.4 is 5.32 Å². The van der Waals surface area contributed by atoms with E-state index < -0.39 is 4.92 Å². The van der Waals surface area contributed by atoms with Gasteiger partial charge in [0.2, 0.25) is 0 Å². The maximum Gasteiger partial charge on any atom is 0.273 e. The van der Waals surface area contributed by atoms with Gasteiger partial charge in [-0.3, -0.25) is 14.9 Å². The SMILES string of the molecule is Cc1c(C(=O)NCC2CCC(O)CC2)cccc1[N+](=O)[O-]. The molecular formula is C15H20N2O4. The number of hydrogen-bond acceptors (Lipinski definition) is 4. The first-order chi connectivity index (χ1) is 9.99. The smallest absolute Gasteiger partial charge is 0.273 e. The summed E-state index contributed by atoms with van der Waals surface area (Å²) in [5.41, 5.74) is 0.697. The molecule has 0 spiro atoms. The first-order valence-electron chi connectivity index (χ1n) is 7.19. The molecule has 1 aliphatic rings. The van der Waals surface area contributed by atoms with Crippen LogP contribution in [0.1, 0.15) is 41.6 Å². The van der Waals surface area contributed by atoms with Crippen LogP contribution in [0, 0.1) is 23.0 Å². The van der Waals surface area contributed by atoms with Crippen LogP contribution in [0.15, 0.2) is 18.2 Å². The molecule has 2 rings (SSSR count). The van der Waals surface area contributed by atoms with Crippen molar-refractivity contribution in [3.8, 4) is 0 Å². The van der Waals surface area contributed by atoms with Gasteiger partial charge in [0.1, 0.15) is 0 Å². The van der Waals surface area contributed by atoms with E-state index in [9.17, 15) is 20.0 Å². The molecule has 2 N–H and O–H groups in total. The number of aliphatic hydroxyl groups excluding tert-OH is 1. The van der Waals surface area contributed by atoms with Gasteiger partial charge in [0, 0.05) is 23.7 Å². The van der Waals surface area contributed by atoms with Gasteiger partial charge >= 0.3 is 0 Å². The van der Waals surface area contributed by atoms with E-state index in [-0.39, 0.29) is 17.7 Å². The number of benzene rings is 1. The van der Waals surface area contributed by atoms with Gasteiger partial charge in [0.15, 0.2) is 0 Å². The minimum atomic E-state index is -0.478. The van der Waals surface area contributed by atoms with E-state index in [1.807, 2.05) is 0 Å². The van der Waals surface area contributed by atoms with E-state index in [1.54, 1.807) is 13.0 Å². The molecule has 0 saturated heterocycles. The number of rotatable bonds is 4. The van der Waals surface area contributed by atoms with Gasteiger partial charge in [0.05, 0.1) is 11.0 Å². The molecule has 1 aliphatic carbocycles. The zero-order valence-electron chi connectivity index (χ0n) is 12.0. The summed E-state index contributed by atoms with van der Waals surface area (Å²) in [5.74, 6) is 0.0960. The maximum absolute atomic E-state index is 12.2. The summed E-state index contributed by atoms with van der Waals surface area (Å²) in [4.78, 5) is 22.6. The van der Waals surface area contributed by atoms with Crippen LogP contribution in [0.5, 0.6) is 0 Å². The fraction of sp³-hybridized carbons (Fsp3) is 0.533. The van der Waals surface area contributed by atoms with Crippen LogP contribution in [0.2, 0.25) is 0 Å². The van der Waals surface area contributed by atoms with Crippen molar-refractivity contribution in [3.05, 3.63) is 39.4 Å². The van der Waals surface area contributed by atoms with Crippen LogP contribution in [0.25, 0.3) is 0 Å². The average Bonchev–Trinajstić information content (AvgIpc) is 2.46. The van der Waals surface area contributed by atoms with Crippen LogP contribution in [0.3, 0.4) is 0 Å². The minimum absolute atomic E-state index is 0.0385. The number of amides is 1. The third-order valence-corrected chi connectivity index (χ3v) is 4.11. The normalized spacial score (nSPS) is 21.8. The Bertz CT molecular complexity index is 536. The fourth-order valence-corrected chi connectivity index (χ4v) is 2.75. The largest absolute Gasteiger partial charge is 0.393 e. The highest BCUT2D eigenvalue weighted by Crippen LogP contribution is 2.24. The molecule has 6 nitrogen and oxygen atoms in total. The first kappa shape index (κ1) is 15.4. The van der Waals surface area contributed by atoms with Crippen molar-refractivity contribution in [3.63, 3.8) is 0 Å². The quantitative estimate of drug-likeness (QED) is 0.657. The van der Waals surface area contributed by atoms with Crippen molar-refractivity contribution >= 4 is 11.6 Å². The van der Waals surface area contributed by atoms with Gasteiger partial charge in [0.25, 0.3) is 11.6 Å². The molecule has 114 valence electrons. The molecule has 1 aromatic rings. The fourth-order valence-electron chi connectivity index (χ4n) is 2.75. The van der Waals surface area contributed by atoms with Gasteiger partial charge < -0.3 is 10.4 Å².